The van der Waals surface area contributed by atoms with Crippen LogP contribution in [0, 0.1) is 5.92 Å². The zero-order chi connectivity index (χ0) is 16.7. The Bertz CT molecular complexity index is 539. The number of rotatable bonds is 7. The van der Waals surface area contributed by atoms with Gasteiger partial charge in [-0.15, -0.1) is 0 Å². The van der Waals surface area contributed by atoms with Crippen molar-refractivity contribution in [1.82, 2.24) is 5.32 Å². The van der Waals surface area contributed by atoms with Crippen LogP contribution in [-0.2, 0) is 14.3 Å². The van der Waals surface area contributed by atoms with E-state index in [9.17, 15) is 14.4 Å². The molecule has 7 heteroatoms. The average molecular weight is 308 g/mol. The molecule has 1 aromatic carbocycles. The number of esters is 1. The second-order valence-electron chi connectivity index (χ2n) is 5.00. The van der Waals surface area contributed by atoms with E-state index in [1.165, 1.54) is 7.11 Å². The monoisotopic (exact) mass is 308 g/mol. The highest BCUT2D eigenvalue weighted by atomic mass is 16.5. The quantitative estimate of drug-likeness (QED) is 0.712. The summed E-state index contributed by atoms with van der Waals surface area (Å²) in [5, 5.41) is 2.59. The number of amides is 2. The number of hydrogen-bond acceptors (Lipinski definition) is 5. The van der Waals surface area contributed by atoms with Crippen LogP contribution in [0.3, 0.4) is 0 Å². The maximum Gasteiger partial charge on any atom is 0.329 e. The van der Waals surface area contributed by atoms with Crippen LogP contribution in [0.15, 0.2) is 24.3 Å². The molecule has 0 aliphatic carbocycles. The first-order valence-electron chi connectivity index (χ1n) is 6.75. The zero-order valence-corrected chi connectivity index (χ0v) is 12.8. The summed E-state index contributed by atoms with van der Waals surface area (Å²) >= 11 is 0. The standard InChI is InChI=1S/C15H20N2O5/c1-9(2)13(15(20)22-8-12(16)18)17-14(19)10-4-6-11(21-3)7-5-10/h4-7,9,13H,8H2,1-3H3,(H2,16,18)(H,17,19)/t13-/m0/s1. The predicted octanol–water partition coefficient (Wildman–Crippen LogP) is 0.478. The second-order valence-corrected chi connectivity index (χ2v) is 5.00. The Labute approximate surface area is 128 Å². The van der Waals surface area contributed by atoms with Crippen LogP contribution in [0.1, 0.15) is 24.2 Å². The summed E-state index contributed by atoms with van der Waals surface area (Å²) in [6.07, 6.45) is 0. The minimum Gasteiger partial charge on any atom is -0.497 e. The van der Waals surface area contributed by atoms with E-state index >= 15 is 0 Å². The van der Waals surface area contributed by atoms with Crippen molar-refractivity contribution in [2.24, 2.45) is 11.7 Å². The molecule has 0 radical (unpaired) electrons. The molecule has 0 saturated carbocycles. The van der Waals surface area contributed by atoms with Crippen molar-refractivity contribution in [2.45, 2.75) is 19.9 Å². The third-order valence-electron chi connectivity index (χ3n) is 2.92. The average Bonchev–Trinajstić information content (AvgIpc) is 2.49. The van der Waals surface area contributed by atoms with Gasteiger partial charge in [0, 0.05) is 5.56 Å². The molecule has 0 aliphatic rings. The van der Waals surface area contributed by atoms with Crippen molar-refractivity contribution in [3.63, 3.8) is 0 Å². The maximum atomic E-state index is 12.2. The third-order valence-corrected chi connectivity index (χ3v) is 2.92. The van der Waals surface area contributed by atoms with Crippen LogP contribution >= 0.6 is 0 Å². The van der Waals surface area contributed by atoms with Crippen molar-refractivity contribution < 1.29 is 23.9 Å². The predicted molar refractivity (Wildman–Crippen MR) is 79.2 cm³/mol. The highest BCUT2D eigenvalue weighted by Gasteiger charge is 2.26. The number of nitrogens with one attached hydrogen (secondary N) is 1. The molecule has 120 valence electrons. The molecule has 0 fully saturated rings. The fourth-order valence-corrected chi connectivity index (χ4v) is 1.70. The van der Waals surface area contributed by atoms with Crippen LogP contribution < -0.4 is 15.8 Å². The van der Waals surface area contributed by atoms with Crippen LogP contribution in [0.5, 0.6) is 5.75 Å². The SMILES string of the molecule is COc1ccc(C(=O)N[C@H](C(=O)OCC(N)=O)C(C)C)cc1. The van der Waals surface area contributed by atoms with E-state index in [1.807, 2.05) is 0 Å². The zero-order valence-electron chi connectivity index (χ0n) is 12.8. The van der Waals surface area contributed by atoms with E-state index in [-0.39, 0.29) is 5.92 Å². The molecule has 7 nitrogen and oxygen atoms in total. The lowest BCUT2D eigenvalue weighted by Gasteiger charge is -2.20. The minimum atomic E-state index is -0.867. The van der Waals surface area contributed by atoms with Crippen LogP contribution in [-0.4, -0.2) is 37.5 Å². The Kier molecular flexibility index (Phi) is 6.37. The van der Waals surface area contributed by atoms with Crippen LogP contribution in [0.25, 0.3) is 0 Å². The fourth-order valence-electron chi connectivity index (χ4n) is 1.70. The Morgan fingerprint density at radius 3 is 2.23 bits per heavy atom. The molecular formula is C15H20N2O5. The van der Waals surface area contributed by atoms with Gasteiger partial charge in [-0.05, 0) is 30.2 Å². The van der Waals surface area contributed by atoms with E-state index in [2.05, 4.69) is 5.32 Å². The van der Waals surface area contributed by atoms with Crippen molar-refractivity contribution in [3.05, 3.63) is 29.8 Å². The van der Waals surface area contributed by atoms with Gasteiger partial charge in [0.25, 0.3) is 11.8 Å². The van der Waals surface area contributed by atoms with Gasteiger partial charge in [-0.25, -0.2) is 4.79 Å². The van der Waals surface area contributed by atoms with E-state index < -0.39 is 30.4 Å². The summed E-state index contributed by atoms with van der Waals surface area (Å²) in [5.41, 5.74) is 5.30. The van der Waals surface area contributed by atoms with Crippen molar-refractivity contribution in [1.29, 1.82) is 0 Å². The van der Waals surface area contributed by atoms with Gasteiger partial charge in [-0.2, -0.15) is 0 Å². The highest BCUT2D eigenvalue weighted by Crippen LogP contribution is 2.12. The molecule has 22 heavy (non-hydrogen) atoms. The fraction of sp³-hybridized carbons (Fsp3) is 0.400. The van der Waals surface area contributed by atoms with Crippen LogP contribution in [0.4, 0.5) is 0 Å². The number of ether oxygens (including phenoxy) is 2. The molecule has 0 spiro atoms. The first-order chi connectivity index (χ1) is 10.3. The first kappa shape index (κ1) is 17.5. The molecule has 0 aromatic heterocycles. The molecule has 0 unspecified atom stereocenters. The summed E-state index contributed by atoms with van der Waals surface area (Å²) in [7, 11) is 1.53. The summed E-state index contributed by atoms with van der Waals surface area (Å²) in [6, 6.07) is 5.59. The molecule has 0 saturated heterocycles. The molecule has 0 aliphatic heterocycles. The molecule has 1 atom stereocenters. The van der Waals surface area contributed by atoms with Gasteiger partial charge in [0.1, 0.15) is 11.8 Å². The van der Waals surface area contributed by atoms with Gasteiger partial charge in [-0.1, -0.05) is 13.8 Å². The number of methoxy groups -OCH3 is 1. The molecular weight excluding hydrogens is 288 g/mol. The normalized spacial score (nSPS) is 11.6. The topological polar surface area (TPSA) is 108 Å². The van der Waals surface area contributed by atoms with Gasteiger partial charge < -0.3 is 20.5 Å². The summed E-state index contributed by atoms with van der Waals surface area (Å²) in [5.74, 6) is -1.45. The van der Waals surface area contributed by atoms with Gasteiger partial charge in [0.15, 0.2) is 6.61 Å². The third kappa shape index (κ3) is 5.08. The summed E-state index contributed by atoms with van der Waals surface area (Å²) in [4.78, 5) is 34.7. The smallest absolute Gasteiger partial charge is 0.329 e. The lowest BCUT2D eigenvalue weighted by atomic mass is 10.0. The number of carbonyl (C=O) groups is 3. The van der Waals surface area contributed by atoms with E-state index in [0.29, 0.717) is 11.3 Å². The lowest BCUT2D eigenvalue weighted by molar-refractivity contribution is -0.150. The van der Waals surface area contributed by atoms with Crippen molar-refractivity contribution in [3.8, 4) is 5.75 Å². The minimum absolute atomic E-state index is 0.206. The van der Waals surface area contributed by atoms with Gasteiger partial charge >= 0.3 is 5.97 Å². The molecule has 1 rings (SSSR count). The van der Waals surface area contributed by atoms with E-state index in [4.69, 9.17) is 15.2 Å². The molecule has 0 bridgehead atoms. The Morgan fingerprint density at radius 2 is 1.77 bits per heavy atom. The Hall–Kier alpha value is -2.57. The van der Waals surface area contributed by atoms with Crippen molar-refractivity contribution in [2.75, 3.05) is 13.7 Å². The summed E-state index contributed by atoms with van der Waals surface area (Å²) in [6.45, 7) is 3.00. The van der Waals surface area contributed by atoms with Gasteiger partial charge in [0.05, 0.1) is 7.11 Å². The largest absolute Gasteiger partial charge is 0.497 e. The van der Waals surface area contributed by atoms with Gasteiger partial charge in [0.2, 0.25) is 0 Å². The first-order valence-corrected chi connectivity index (χ1v) is 6.75. The Morgan fingerprint density at radius 1 is 1.18 bits per heavy atom. The second kappa shape index (κ2) is 8.02. The Balaban J connectivity index is 2.74. The number of hydrogen-bond donors (Lipinski definition) is 2. The van der Waals surface area contributed by atoms with E-state index in [1.54, 1.807) is 38.1 Å². The number of primary amides is 1. The molecule has 2 amide bonds. The van der Waals surface area contributed by atoms with Crippen LogP contribution in [0.2, 0.25) is 0 Å². The number of nitrogens with two attached hydrogens (primary N) is 1. The van der Waals surface area contributed by atoms with E-state index in [0.717, 1.165) is 0 Å². The number of carbonyl (C=O) groups excluding carboxylic acids is 3. The van der Waals surface area contributed by atoms with Gasteiger partial charge in [-0.3, -0.25) is 9.59 Å². The lowest BCUT2D eigenvalue weighted by Crippen LogP contribution is -2.46. The highest BCUT2D eigenvalue weighted by molar-refractivity contribution is 5.97. The summed E-state index contributed by atoms with van der Waals surface area (Å²) < 4.78 is 9.76. The molecule has 0 heterocycles. The number of benzene rings is 1. The molecule has 3 N–H and O–H groups in total. The maximum absolute atomic E-state index is 12.2. The molecule has 1 aromatic rings. The van der Waals surface area contributed by atoms with Crippen molar-refractivity contribution >= 4 is 17.8 Å².